The Morgan fingerprint density at radius 2 is 1.97 bits per heavy atom. The first-order valence-corrected chi connectivity index (χ1v) is 13.1. The van der Waals surface area contributed by atoms with Gasteiger partial charge in [0.1, 0.15) is 5.75 Å². The number of carbonyl (C=O) groups is 1. The summed E-state index contributed by atoms with van der Waals surface area (Å²) in [6.45, 7) is 8.36. The van der Waals surface area contributed by atoms with E-state index in [2.05, 4.69) is 45.6 Å². The van der Waals surface area contributed by atoms with Gasteiger partial charge in [0.2, 0.25) is 0 Å². The minimum atomic E-state index is -0.446. The van der Waals surface area contributed by atoms with Gasteiger partial charge >= 0.3 is 6.09 Å². The van der Waals surface area contributed by atoms with Crippen molar-refractivity contribution < 1.29 is 14.3 Å². The molecule has 2 aromatic heterocycles. The fourth-order valence-electron chi connectivity index (χ4n) is 4.67. The number of nitrogens with one attached hydrogen (secondary N) is 1. The van der Waals surface area contributed by atoms with Gasteiger partial charge in [-0.05, 0) is 76.8 Å². The molecule has 1 aliphatic rings. The van der Waals surface area contributed by atoms with E-state index >= 15 is 0 Å². The van der Waals surface area contributed by atoms with Crippen molar-refractivity contribution in [1.82, 2.24) is 9.55 Å². The molecule has 2 heterocycles. The highest BCUT2D eigenvalue weighted by molar-refractivity contribution is 7.09. The van der Waals surface area contributed by atoms with E-state index in [9.17, 15) is 4.79 Å². The Morgan fingerprint density at radius 3 is 2.57 bits per heavy atom. The molecule has 4 aromatic rings. The summed E-state index contributed by atoms with van der Waals surface area (Å²) < 4.78 is 13.6. The lowest BCUT2D eigenvalue weighted by Crippen LogP contribution is -2.18. The molecule has 0 spiro atoms. The summed E-state index contributed by atoms with van der Waals surface area (Å²) in [5, 5.41) is 7.19. The summed E-state index contributed by atoms with van der Waals surface area (Å²) in [6.07, 6.45) is 2.94. The van der Waals surface area contributed by atoms with Gasteiger partial charge in [0, 0.05) is 34.1 Å². The fourth-order valence-corrected chi connectivity index (χ4v) is 5.27. The van der Waals surface area contributed by atoms with Crippen LogP contribution in [0.2, 0.25) is 0 Å². The second kappa shape index (κ2) is 9.74. The molecule has 0 bridgehead atoms. The molecule has 0 atom stereocenters. The number of nitrogens with zero attached hydrogens (tertiary/aromatic N) is 2. The number of amides is 1. The molecule has 182 valence electrons. The molecular formula is C28H31N3O3S. The molecule has 1 amide bonds. The molecule has 5 rings (SSSR count). The topological polar surface area (TPSA) is 65.4 Å². The highest BCUT2D eigenvalue weighted by Crippen LogP contribution is 2.47. The van der Waals surface area contributed by atoms with E-state index in [0.29, 0.717) is 18.3 Å². The van der Waals surface area contributed by atoms with Crippen LogP contribution in [-0.2, 0) is 4.74 Å². The second-order valence-electron chi connectivity index (χ2n) is 9.20. The standard InChI is InChI=1S/C28H31N3O3S/c1-5-33-22-13-14-23-25(15-22)31(21-7-6-8-21)27(26(23)24-16-35-18(4)29-24)19-9-11-20(12-10-19)30-28(32)34-17(2)3/h9-17,21H,5-8H2,1-4H3,(H,30,32). The van der Waals surface area contributed by atoms with Gasteiger partial charge in [-0.2, -0.15) is 0 Å². The quantitative estimate of drug-likeness (QED) is 0.287. The summed E-state index contributed by atoms with van der Waals surface area (Å²) in [5.74, 6) is 0.883. The van der Waals surface area contributed by atoms with Crippen LogP contribution in [0.5, 0.6) is 5.75 Å². The number of aromatic nitrogens is 2. The van der Waals surface area contributed by atoms with E-state index in [1.54, 1.807) is 11.3 Å². The van der Waals surface area contributed by atoms with E-state index in [4.69, 9.17) is 14.5 Å². The molecule has 6 nitrogen and oxygen atoms in total. The molecule has 0 radical (unpaired) electrons. The molecule has 0 unspecified atom stereocenters. The van der Waals surface area contributed by atoms with Crippen LogP contribution < -0.4 is 10.1 Å². The first-order chi connectivity index (χ1) is 16.9. The van der Waals surface area contributed by atoms with Crippen LogP contribution in [0.25, 0.3) is 33.4 Å². The molecular weight excluding hydrogens is 458 g/mol. The molecule has 35 heavy (non-hydrogen) atoms. The Morgan fingerprint density at radius 1 is 1.20 bits per heavy atom. The van der Waals surface area contributed by atoms with Crippen LogP contribution in [0.1, 0.15) is 51.1 Å². The van der Waals surface area contributed by atoms with E-state index < -0.39 is 6.09 Å². The number of benzene rings is 2. The zero-order valence-electron chi connectivity index (χ0n) is 20.6. The van der Waals surface area contributed by atoms with E-state index in [-0.39, 0.29) is 6.10 Å². The number of thiazole rings is 1. The first-order valence-electron chi connectivity index (χ1n) is 12.3. The van der Waals surface area contributed by atoms with Crippen molar-refractivity contribution in [2.75, 3.05) is 11.9 Å². The van der Waals surface area contributed by atoms with Crippen LogP contribution in [-0.4, -0.2) is 28.4 Å². The van der Waals surface area contributed by atoms with E-state index in [1.165, 1.54) is 23.0 Å². The molecule has 0 saturated heterocycles. The Hall–Kier alpha value is -3.32. The van der Waals surface area contributed by atoms with E-state index in [0.717, 1.165) is 40.4 Å². The lowest BCUT2D eigenvalue weighted by molar-refractivity contribution is 0.130. The molecule has 0 aliphatic heterocycles. The van der Waals surface area contributed by atoms with Gasteiger partial charge in [0.15, 0.2) is 0 Å². The maximum absolute atomic E-state index is 12.1. The van der Waals surface area contributed by atoms with Crippen LogP contribution in [0.3, 0.4) is 0 Å². The molecule has 1 N–H and O–H groups in total. The van der Waals surface area contributed by atoms with Gasteiger partial charge in [-0.25, -0.2) is 9.78 Å². The van der Waals surface area contributed by atoms with Gasteiger partial charge in [-0.15, -0.1) is 11.3 Å². The van der Waals surface area contributed by atoms with Crippen molar-refractivity contribution >= 4 is 34.0 Å². The maximum Gasteiger partial charge on any atom is 0.411 e. The molecule has 1 fully saturated rings. The number of ether oxygens (including phenoxy) is 2. The Labute approximate surface area is 209 Å². The van der Waals surface area contributed by atoms with Gasteiger partial charge in [-0.1, -0.05) is 12.1 Å². The SMILES string of the molecule is CCOc1ccc2c(-c3csc(C)n3)c(-c3ccc(NC(=O)OC(C)C)cc3)n(C3CCC3)c2c1. The Kier molecular flexibility index (Phi) is 6.52. The summed E-state index contributed by atoms with van der Waals surface area (Å²) in [6, 6.07) is 14.8. The highest BCUT2D eigenvalue weighted by atomic mass is 32.1. The smallest absolute Gasteiger partial charge is 0.411 e. The van der Waals surface area contributed by atoms with Gasteiger partial charge in [-0.3, -0.25) is 5.32 Å². The summed E-state index contributed by atoms with van der Waals surface area (Å²) in [5.41, 5.74) is 6.29. The minimum Gasteiger partial charge on any atom is -0.494 e. The Balaban J connectivity index is 1.66. The van der Waals surface area contributed by atoms with Gasteiger partial charge < -0.3 is 14.0 Å². The molecule has 1 saturated carbocycles. The third-order valence-electron chi connectivity index (χ3n) is 6.35. The first kappa shape index (κ1) is 23.4. The molecule has 7 heteroatoms. The van der Waals surface area contributed by atoms with Crippen molar-refractivity contribution in [3.63, 3.8) is 0 Å². The summed E-state index contributed by atoms with van der Waals surface area (Å²) in [4.78, 5) is 16.9. The number of rotatable bonds is 7. The lowest BCUT2D eigenvalue weighted by atomic mass is 9.92. The number of hydrogen-bond donors (Lipinski definition) is 1. The minimum absolute atomic E-state index is 0.168. The van der Waals surface area contributed by atoms with E-state index in [1.807, 2.05) is 39.8 Å². The number of aryl methyl sites for hydroxylation is 1. The van der Waals surface area contributed by atoms with Crippen molar-refractivity contribution in [3.05, 3.63) is 52.9 Å². The predicted molar refractivity (Wildman–Crippen MR) is 143 cm³/mol. The van der Waals surface area contributed by atoms with Crippen molar-refractivity contribution in [2.45, 2.75) is 59.1 Å². The number of fused-ring (bicyclic) bond motifs is 1. The molecule has 2 aromatic carbocycles. The normalized spacial score (nSPS) is 13.7. The average Bonchev–Trinajstić information content (AvgIpc) is 3.34. The Bertz CT molecular complexity index is 1350. The number of carbonyl (C=O) groups excluding carboxylic acids is 1. The lowest BCUT2D eigenvalue weighted by Gasteiger charge is -2.30. The van der Waals surface area contributed by atoms with Crippen LogP contribution >= 0.6 is 11.3 Å². The zero-order chi connectivity index (χ0) is 24.5. The second-order valence-corrected chi connectivity index (χ2v) is 10.3. The summed E-state index contributed by atoms with van der Waals surface area (Å²) in [7, 11) is 0. The summed E-state index contributed by atoms with van der Waals surface area (Å²) >= 11 is 1.67. The number of hydrogen-bond acceptors (Lipinski definition) is 5. The highest BCUT2D eigenvalue weighted by Gasteiger charge is 2.29. The van der Waals surface area contributed by atoms with Crippen LogP contribution in [0.4, 0.5) is 10.5 Å². The average molecular weight is 490 g/mol. The molecule has 1 aliphatic carbocycles. The zero-order valence-corrected chi connectivity index (χ0v) is 21.4. The van der Waals surface area contributed by atoms with Crippen molar-refractivity contribution in [1.29, 1.82) is 0 Å². The fraction of sp³-hybridized carbons (Fsp3) is 0.357. The van der Waals surface area contributed by atoms with Gasteiger partial charge in [0.05, 0.1) is 34.6 Å². The largest absolute Gasteiger partial charge is 0.494 e. The third kappa shape index (κ3) is 4.65. The van der Waals surface area contributed by atoms with Crippen LogP contribution in [0, 0.1) is 6.92 Å². The number of anilines is 1. The van der Waals surface area contributed by atoms with Crippen molar-refractivity contribution in [2.24, 2.45) is 0 Å². The van der Waals surface area contributed by atoms with Crippen molar-refractivity contribution in [3.8, 4) is 28.3 Å². The predicted octanol–water partition coefficient (Wildman–Crippen LogP) is 7.82. The van der Waals surface area contributed by atoms with Crippen LogP contribution in [0.15, 0.2) is 47.8 Å². The maximum atomic E-state index is 12.1. The third-order valence-corrected chi connectivity index (χ3v) is 7.12. The monoisotopic (exact) mass is 489 g/mol. The van der Waals surface area contributed by atoms with Gasteiger partial charge in [0.25, 0.3) is 0 Å².